The van der Waals surface area contributed by atoms with Gasteiger partial charge in [-0.25, -0.2) is 0 Å². The number of nitrogens with zero attached hydrogens (tertiary/aromatic N) is 1. The Morgan fingerprint density at radius 2 is 2.00 bits per heavy atom. The lowest BCUT2D eigenvalue weighted by atomic mass is 9.99. The van der Waals surface area contributed by atoms with Crippen molar-refractivity contribution < 1.29 is 4.79 Å². The Hall–Kier alpha value is -1.35. The average molecular weight is 314 g/mol. The Labute approximate surface area is 140 Å². The third-order valence-electron chi connectivity index (χ3n) is 5.42. The van der Waals surface area contributed by atoms with Gasteiger partial charge in [-0.1, -0.05) is 49.1 Å². The standard InChI is InChI=1S/C20H30N2O/c1-16-8-6-9-17(14-16)15-22-13-5-3-2-4-12-21-20(23)18-10-7-11-19(18)22/h6,8-9,14,18-19H,2-5,7,10-13,15H2,1H3,(H,21,23)/t18-,19+/m1/s1. The van der Waals surface area contributed by atoms with Crippen molar-refractivity contribution >= 4 is 5.91 Å². The minimum Gasteiger partial charge on any atom is -0.356 e. The van der Waals surface area contributed by atoms with Gasteiger partial charge in [-0.05, 0) is 44.7 Å². The van der Waals surface area contributed by atoms with E-state index in [0.29, 0.717) is 11.9 Å². The Kier molecular flexibility index (Phi) is 5.71. The summed E-state index contributed by atoms with van der Waals surface area (Å²) >= 11 is 0. The first-order valence-electron chi connectivity index (χ1n) is 9.31. The predicted molar refractivity (Wildman–Crippen MR) is 94.2 cm³/mol. The molecule has 0 radical (unpaired) electrons. The fraction of sp³-hybridized carbons (Fsp3) is 0.650. The van der Waals surface area contributed by atoms with Gasteiger partial charge in [0.2, 0.25) is 5.91 Å². The number of aryl methyl sites for hydroxylation is 1. The van der Waals surface area contributed by atoms with E-state index >= 15 is 0 Å². The molecule has 2 aliphatic rings. The number of rotatable bonds is 2. The number of hydrogen-bond donors (Lipinski definition) is 1. The second kappa shape index (κ2) is 7.96. The topological polar surface area (TPSA) is 32.3 Å². The maximum atomic E-state index is 12.5. The fourth-order valence-corrected chi connectivity index (χ4v) is 4.23. The zero-order valence-electron chi connectivity index (χ0n) is 14.4. The van der Waals surface area contributed by atoms with Crippen molar-refractivity contribution in [3.05, 3.63) is 35.4 Å². The van der Waals surface area contributed by atoms with Crippen molar-refractivity contribution in [2.45, 2.75) is 64.5 Å². The molecule has 1 aromatic carbocycles. The number of carbonyl (C=O) groups excluding carboxylic acids is 1. The van der Waals surface area contributed by atoms with E-state index in [1.807, 2.05) is 0 Å². The molecule has 0 aromatic heterocycles. The number of benzene rings is 1. The van der Waals surface area contributed by atoms with Crippen molar-refractivity contribution in [3.63, 3.8) is 0 Å². The molecule has 3 heteroatoms. The van der Waals surface area contributed by atoms with Crippen molar-refractivity contribution in [2.75, 3.05) is 13.1 Å². The van der Waals surface area contributed by atoms with Crippen LogP contribution in [0.3, 0.4) is 0 Å². The van der Waals surface area contributed by atoms with Gasteiger partial charge in [0, 0.05) is 19.1 Å². The van der Waals surface area contributed by atoms with E-state index < -0.39 is 0 Å². The Bertz CT molecular complexity index is 528. The summed E-state index contributed by atoms with van der Waals surface area (Å²) in [6.07, 6.45) is 8.30. The van der Waals surface area contributed by atoms with Crippen molar-refractivity contribution in [3.8, 4) is 0 Å². The van der Waals surface area contributed by atoms with Gasteiger partial charge in [-0.15, -0.1) is 0 Å². The maximum absolute atomic E-state index is 12.5. The van der Waals surface area contributed by atoms with Crippen molar-refractivity contribution in [1.29, 1.82) is 0 Å². The smallest absolute Gasteiger partial charge is 0.224 e. The van der Waals surface area contributed by atoms with Crippen LogP contribution < -0.4 is 5.32 Å². The summed E-state index contributed by atoms with van der Waals surface area (Å²) < 4.78 is 0. The number of carbonyl (C=O) groups is 1. The Morgan fingerprint density at radius 1 is 1.13 bits per heavy atom. The van der Waals surface area contributed by atoms with Gasteiger partial charge in [-0.2, -0.15) is 0 Å². The molecule has 1 saturated heterocycles. The normalized spacial score (nSPS) is 27.1. The van der Waals surface area contributed by atoms with Crippen LogP contribution in [0.15, 0.2) is 24.3 Å². The highest BCUT2D eigenvalue weighted by Gasteiger charge is 2.36. The molecular weight excluding hydrogens is 284 g/mol. The molecule has 1 N–H and O–H groups in total. The molecule has 3 rings (SSSR count). The summed E-state index contributed by atoms with van der Waals surface area (Å²) in [4.78, 5) is 15.1. The van der Waals surface area contributed by atoms with E-state index in [9.17, 15) is 4.79 Å². The quantitative estimate of drug-likeness (QED) is 0.903. The monoisotopic (exact) mass is 314 g/mol. The zero-order valence-corrected chi connectivity index (χ0v) is 14.4. The maximum Gasteiger partial charge on any atom is 0.224 e. The van der Waals surface area contributed by atoms with E-state index in [2.05, 4.69) is 41.4 Å². The van der Waals surface area contributed by atoms with Crippen LogP contribution in [0.1, 0.15) is 56.1 Å². The van der Waals surface area contributed by atoms with Gasteiger partial charge in [0.25, 0.3) is 0 Å². The van der Waals surface area contributed by atoms with Gasteiger partial charge in [-0.3, -0.25) is 9.69 Å². The highest BCUT2D eigenvalue weighted by atomic mass is 16.1. The molecule has 0 unspecified atom stereocenters. The molecule has 1 heterocycles. The van der Waals surface area contributed by atoms with Crippen LogP contribution in [0.25, 0.3) is 0 Å². The summed E-state index contributed by atoms with van der Waals surface area (Å²) in [5, 5.41) is 3.18. The first kappa shape index (κ1) is 16.5. The van der Waals surface area contributed by atoms with E-state index in [4.69, 9.17) is 0 Å². The van der Waals surface area contributed by atoms with E-state index in [-0.39, 0.29) is 5.92 Å². The second-order valence-corrected chi connectivity index (χ2v) is 7.27. The number of amides is 1. The number of fused-ring (bicyclic) bond motifs is 1. The molecular formula is C20H30N2O. The third kappa shape index (κ3) is 4.35. The molecule has 1 aliphatic heterocycles. The van der Waals surface area contributed by atoms with Crippen LogP contribution in [0, 0.1) is 12.8 Å². The molecule has 2 fully saturated rings. The lowest BCUT2D eigenvalue weighted by molar-refractivity contribution is -0.126. The largest absolute Gasteiger partial charge is 0.356 e. The van der Waals surface area contributed by atoms with Gasteiger partial charge < -0.3 is 5.32 Å². The summed E-state index contributed by atoms with van der Waals surface area (Å²) in [6.45, 7) is 5.13. The second-order valence-electron chi connectivity index (χ2n) is 7.27. The lowest BCUT2D eigenvalue weighted by Crippen LogP contribution is -2.44. The molecule has 126 valence electrons. The SMILES string of the molecule is Cc1cccc(CN2CCCCCCNC(=O)[C@@H]3CCC[C@@H]32)c1. The van der Waals surface area contributed by atoms with Crippen molar-refractivity contribution in [1.82, 2.24) is 10.2 Å². The average Bonchev–Trinajstić information content (AvgIpc) is 3.01. The molecule has 1 aromatic rings. The predicted octanol–water partition coefficient (Wildman–Crippen LogP) is 3.66. The minimum atomic E-state index is 0.193. The van der Waals surface area contributed by atoms with Crippen LogP contribution in [0.4, 0.5) is 0 Å². The van der Waals surface area contributed by atoms with Crippen LogP contribution in [0.2, 0.25) is 0 Å². The van der Waals surface area contributed by atoms with E-state index in [1.165, 1.54) is 43.2 Å². The third-order valence-corrected chi connectivity index (χ3v) is 5.42. The first-order valence-corrected chi connectivity index (χ1v) is 9.31. The molecule has 2 atom stereocenters. The Morgan fingerprint density at radius 3 is 2.87 bits per heavy atom. The first-order chi connectivity index (χ1) is 11.2. The molecule has 1 aliphatic carbocycles. The molecule has 23 heavy (non-hydrogen) atoms. The number of nitrogens with one attached hydrogen (secondary N) is 1. The molecule has 0 spiro atoms. The summed E-state index contributed by atoms with van der Waals surface area (Å²) in [5.74, 6) is 0.488. The van der Waals surface area contributed by atoms with Crippen LogP contribution >= 0.6 is 0 Å². The van der Waals surface area contributed by atoms with Gasteiger partial charge in [0.05, 0.1) is 5.92 Å². The minimum absolute atomic E-state index is 0.193. The van der Waals surface area contributed by atoms with Gasteiger partial charge in [0.15, 0.2) is 0 Å². The van der Waals surface area contributed by atoms with Crippen LogP contribution in [0.5, 0.6) is 0 Å². The lowest BCUT2D eigenvalue weighted by Gasteiger charge is -2.32. The summed E-state index contributed by atoms with van der Waals surface area (Å²) in [5.41, 5.74) is 2.70. The summed E-state index contributed by atoms with van der Waals surface area (Å²) in [6, 6.07) is 9.24. The highest BCUT2D eigenvalue weighted by Crippen LogP contribution is 2.32. The molecule has 3 nitrogen and oxygen atoms in total. The van der Waals surface area contributed by atoms with Crippen LogP contribution in [-0.2, 0) is 11.3 Å². The fourth-order valence-electron chi connectivity index (χ4n) is 4.23. The zero-order chi connectivity index (χ0) is 16.1. The van der Waals surface area contributed by atoms with E-state index in [0.717, 1.165) is 32.5 Å². The van der Waals surface area contributed by atoms with Gasteiger partial charge >= 0.3 is 0 Å². The molecule has 1 amide bonds. The van der Waals surface area contributed by atoms with Gasteiger partial charge in [0.1, 0.15) is 0 Å². The number of hydrogen-bond acceptors (Lipinski definition) is 2. The Balaban J connectivity index is 1.77. The highest BCUT2D eigenvalue weighted by molar-refractivity contribution is 5.79. The van der Waals surface area contributed by atoms with Crippen LogP contribution in [-0.4, -0.2) is 29.9 Å². The van der Waals surface area contributed by atoms with E-state index in [1.54, 1.807) is 0 Å². The molecule has 0 bridgehead atoms. The molecule has 1 saturated carbocycles. The van der Waals surface area contributed by atoms with Crippen molar-refractivity contribution in [2.24, 2.45) is 5.92 Å². The summed E-state index contributed by atoms with van der Waals surface area (Å²) in [7, 11) is 0.